The molecule has 0 saturated heterocycles. The van der Waals surface area contributed by atoms with Gasteiger partial charge in [-0.15, -0.1) is 0 Å². The minimum Gasteiger partial charge on any atom is -0.508 e. The van der Waals surface area contributed by atoms with E-state index in [-0.39, 0.29) is 6.04 Å². The second-order valence-electron chi connectivity index (χ2n) is 5.15. The van der Waals surface area contributed by atoms with Crippen molar-refractivity contribution in [1.29, 1.82) is 0 Å². The van der Waals surface area contributed by atoms with Crippen LogP contribution in [0.25, 0.3) is 0 Å². The summed E-state index contributed by atoms with van der Waals surface area (Å²) in [6.45, 7) is 7.39. The number of hydrogen-bond acceptors (Lipinski definition) is 4. The number of rotatable bonds is 7. The molecule has 1 rings (SSSR count). The Morgan fingerprint density at radius 3 is 2.53 bits per heavy atom. The van der Waals surface area contributed by atoms with Crippen LogP contribution in [0.3, 0.4) is 0 Å². The predicted octanol–water partition coefficient (Wildman–Crippen LogP) is 2.27. The molecule has 3 N–H and O–H groups in total. The fourth-order valence-electron chi connectivity index (χ4n) is 2.11. The van der Waals surface area contributed by atoms with E-state index in [1.165, 1.54) is 0 Å². The van der Waals surface area contributed by atoms with E-state index in [4.69, 9.17) is 0 Å². The van der Waals surface area contributed by atoms with Crippen molar-refractivity contribution in [3.05, 3.63) is 23.8 Å². The third-order valence-electron chi connectivity index (χ3n) is 3.16. The lowest BCUT2D eigenvalue weighted by Crippen LogP contribution is -2.27. The van der Waals surface area contributed by atoms with Gasteiger partial charge in [-0.2, -0.15) is 0 Å². The zero-order chi connectivity index (χ0) is 14.4. The molecule has 0 aliphatic heterocycles. The molecule has 4 nitrogen and oxygen atoms in total. The standard InChI is InChI=1S/C15H26N2O2/c1-5-8-16-12(3)14-7-6-13(9-15(14)19)17(4)10-11(2)18/h6-7,9,11-12,16,18-19H,5,8,10H2,1-4H3. The molecule has 0 radical (unpaired) electrons. The van der Waals surface area contributed by atoms with Gasteiger partial charge >= 0.3 is 0 Å². The van der Waals surface area contributed by atoms with Crippen LogP contribution in [0.5, 0.6) is 5.75 Å². The molecule has 19 heavy (non-hydrogen) atoms. The summed E-state index contributed by atoms with van der Waals surface area (Å²) in [4.78, 5) is 1.93. The second-order valence-corrected chi connectivity index (χ2v) is 5.15. The van der Waals surface area contributed by atoms with Gasteiger partial charge in [0.1, 0.15) is 5.75 Å². The van der Waals surface area contributed by atoms with Crippen molar-refractivity contribution >= 4 is 5.69 Å². The number of hydrogen-bond donors (Lipinski definition) is 3. The number of aromatic hydroxyl groups is 1. The summed E-state index contributed by atoms with van der Waals surface area (Å²) < 4.78 is 0. The lowest BCUT2D eigenvalue weighted by Gasteiger charge is -2.22. The van der Waals surface area contributed by atoms with Crippen molar-refractivity contribution in [3.8, 4) is 5.75 Å². The molecule has 0 aliphatic rings. The molecule has 2 unspecified atom stereocenters. The van der Waals surface area contributed by atoms with Crippen LogP contribution in [0, 0.1) is 0 Å². The van der Waals surface area contributed by atoms with Gasteiger partial charge in [0.15, 0.2) is 0 Å². The average molecular weight is 266 g/mol. The third-order valence-corrected chi connectivity index (χ3v) is 3.16. The van der Waals surface area contributed by atoms with E-state index in [0.29, 0.717) is 12.3 Å². The topological polar surface area (TPSA) is 55.7 Å². The molecule has 2 atom stereocenters. The van der Waals surface area contributed by atoms with E-state index in [9.17, 15) is 10.2 Å². The van der Waals surface area contributed by atoms with E-state index >= 15 is 0 Å². The Balaban J connectivity index is 2.79. The second kappa shape index (κ2) is 7.36. The Bertz CT molecular complexity index is 394. The smallest absolute Gasteiger partial charge is 0.122 e. The van der Waals surface area contributed by atoms with Crippen LogP contribution in [0.4, 0.5) is 5.69 Å². The summed E-state index contributed by atoms with van der Waals surface area (Å²) in [6.07, 6.45) is 0.678. The summed E-state index contributed by atoms with van der Waals surface area (Å²) in [5.74, 6) is 0.297. The lowest BCUT2D eigenvalue weighted by atomic mass is 10.1. The predicted molar refractivity (Wildman–Crippen MR) is 79.8 cm³/mol. The average Bonchev–Trinajstić information content (AvgIpc) is 2.34. The van der Waals surface area contributed by atoms with E-state index in [1.54, 1.807) is 13.0 Å². The first-order chi connectivity index (χ1) is 8.95. The van der Waals surface area contributed by atoms with Crippen LogP contribution in [0.2, 0.25) is 0 Å². The molecule has 1 aromatic carbocycles. The van der Waals surface area contributed by atoms with Crippen molar-refractivity contribution in [2.75, 3.05) is 25.0 Å². The van der Waals surface area contributed by atoms with Gasteiger partial charge < -0.3 is 20.4 Å². The highest BCUT2D eigenvalue weighted by Crippen LogP contribution is 2.28. The molecule has 0 aromatic heterocycles. The van der Waals surface area contributed by atoms with Crippen LogP contribution in [0.1, 0.15) is 38.8 Å². The number of nitrogens with zero attached hydrogens (tertiary/aromatic N) is 1. The summed E-state index contributed by atoms with van der Waals surface area (Å²) in [5.41, 5.74) is 1.81. The van der Waals surface area contributed by atoms with Gasteiger partial charge in [0, 0.05) is 37.0 Å². The molecule has 0 aliphatic carbocycles. The molecule has 0 fully saturated rings. The molecule has 0 saturated carbocycles. The first-order valence-corrected chi connectivity index (χ1v) is 6.91. The largest absolute Gasteiger partial charge is 0.508 e. The van der Waals surface area contributed by atoms with Crippen molar-refractivity contribution in [2.24, 2.45) is 0 Å². The third kappa shape index (κ3) is 4.73. The fourth-order valence-corrected chi connectivity index (χ4v) is 2.11. The number of aliphatic hydroxyl groups is 1. The zero-order valence-corrected chi connectivity index (χ0v) is 12.3. The highest BCUT2D eigenvalue weighted by molar-refractivity contribution is 5.53. The van der Waals surface area contributed by atoms with Crippen molar-refractivity contribution in [1.82, 2.24) is 5.32 Å². The SMILES string of the molecule is CCCNC(C)c1ccc(N(C)CC(C)O)cc1O. The molecular formula is C15H26N2O2. The first-order valence-electron chi connectivity index (χ1n) is 6.91. The first kappa shape index (κ1) is 15.8. The van der Waals surface area contributed by atoms with Gasteiger partial charge in [-0.25, -0.2) is 0 Å². The molecule has 1 aromatic rings. The van der Waals surface area contributed by atoms with Crippen LogP contribution >= 0.6 is 0 Å². The maximum absolute atomic E-state index is 10.1. The highest BCUT2D eigenvalue weighted by atomic mass is 16.3. The number of phenols is 1. The minimum atomic E-state index is -0.392. The Morgan fingerprint density at radius 2 is 2.00 bits per heavy atom. The van der Waals surface area contributed by atoms with Gasteiger partial charge in [0.25, 0.3) is 0 Å². The van der Waals surface area contributed by atoms with E-state index < -0.39 is 6.10 Å². The van der Waals surface area contributed by atoms with Gasteiger partial charge in [0.2, 0.25) is 0 Å². The number of benzene rings is 1. The molecular weight excluding hydrogens is 240 g/mol. The maximum atomic E-state index is 10.1. The number of anilines is 1. The number of aliphatic hydroxyl groups excluding tert-OH is 1. The molecule has 0 heterocycles. The van der Waals surface area contributed by atoms with E-state index in [2.05, 4.69) is 12.2 Å². The van der Waals surface area contributed by atoms with Crippen molar-refractivity contribution in [3.63, 3.8) is 0 Å². The number of nitrogens with one attached hydrogen (secondary N) is 1. The Morgan fingerprint density at radius 1 is 1.32 bits per heavy atom. The summed E-state index contributed by atoms with van der Waals surface area (Å²) in [6, 6.07) is 5.80. The van der Waals surface area contributed by atoms with Crippen molar-refractivity contribution < 1.29 is 10.2 Å². The summed E-state index contributed by atoms with van der Waals surface area (Å²) in [7, 11) is 1.90. The minimum absolute atomic E-state index is 0.135. The van der Waals surface area contributed by atoms with Crippen LogP contribution in [0.15, 0.2) is 18.2 Å². The molecule has 0 spiro atoms. The van der Waals surface area contributed by atoms with E-state index in [0.717, 1.165) is 24.2 Å². The molecule has 0 bridgehead atoms. The summed E-state index contributed by atoms with van der Waals surface area (Å²) >= 11 is 0. The summed E-state index contributed by atoms with van der Waals surface area (Å²) in [5, 5.41) is 22.9. The maximum Gasteiger partial charge on any atom is 0.122 e. The fraction of sp³-hybridized carbons (Fsp3) is 0.600. The highest BCUT2D eigenvalue weighted by Gasteiger charge is 2.12. The van der Waals surface area contributed by atoms with Crippen LogP contribution in [-0.2, 0) is 0 Å². The Labute approximate surface area is 116 Å². The van der Waals surface area contributed by atoms with Crippen molar-refractivity contribution in [2.45, 2.75) is 39.3 Å². The lowest BCUT2D eigenvalue weighted by molar-refractivity contribution is 0.201. The van der Waals surface area contributed by atoms with Gasteiger partial charge in [-0.3, -0.25) is 0 Å². The Kier molecular flexibility index (Phi) is 6.12. The Hall–Kier alpha value is -1.26. The number of phenolic OH excluding ortho intramolecular Hbond substituents is 1. The monoisotopic (exact) mass is 266 g/mol. The zero-order valence-electron chi connectivity index (χ0n) is 12.3. The normalized spacial score (nSPS) is 14.2. The van der Waals surface area contributed by atoms with Crippen LogP contribution in [-0.4, -0.2) is 36.5 Å². The van der Waals surface area contributed by atoms with Gasteiger partial charge in [-0.05, 0) is 32.9 Å². The molecule has 108 valence electrons. The van der Waals surface area contributed by atoms with Crippen LogP contribution < -0.4 is 10.2 Å². The number of likely N-dealkylation sites (N-methyl/N-ethyl adjacent to an activating group) is 1. The molecule has 4 heteroatoms. The van der Waals surface area contributed by atoms with E-state index in [1.807, 2.05) is 31.0 Å². The van der Waals surface area contributed by atoms with Gasteiger partial charge in [-0.1, -0.05) is 13.0 Å². The molecule has 0 amide bonds. The quantitative estimate of drug-likeness (QED) is 0.708. The van der Waals surface area contributed by atoms with Gasteiger partial charge in [0.05, 0.1) is 6.10 Å².